The van der Waals surface area contributed by atoms with Gasteiger partial charge in [-0.2, -0.15) is 9.36 Å². The first-order chi connectivity index (χ1) is 9.31. The first-order valence-electron chi connectivity index (χ1n) is 6.35. The van der Waals surface area contributed by atoms with Crippen LogP contribution in [0.2, 0.25) is 0 Å². The number of rotatable bonds is 4. The summed E-state index contributed by atoms with van der Waals surface area (Å²) in [5.74, 6) is 1.24. The van der Waals surface area contributed by atoms with Crippen LogP contribution in [0.5, 0.6) is 0 Å². The number of nitrogens with one attached hydrogen (secondary N) is 1. The average Bonchev–Trinajstić information content (AvgIpc) is 2.83. The lowest BCUT2D eigenvalue weighted by Crippen LogP contribution is -2.20. The molecule has 0 aromatic carbocycles. The minimum Gasteiger partial charge on any atom is -0.301 e. The Labute approximate surface area is 115 Å². The number of nitrogens with zero attached hydrogens (tertiary/aromatic N) is 3. The van der Waals surface area contributed by atoms with Crippen LogP contribution < -0.4 is 5.32 Å². The second-order valence-corrected chi connectivity index (χ2v) is 5.46. The summed E-state index contributed by atoms with van der Waals surface area (Å²) in [7, 11) is 0. The summed E-state index contributed by atoms with van der Waals surface area (Å²) < 4.78 is 4.24. The quantitative estimate of drug-likeness (QED) is 0.930. The molecule has 5 nitrogen and oxygen atoms in total. The molecule has 0 aliphatic heterocycles. The zero-order chi connectivity index (χ0) is 13.1. The minimum absolute atomic E-state index is 0.0436. The van der Waals surface area contributed by atoms with E-state index in [9.17, 15) is 4.79 Å². The molecule has 2 heterocycles. The number of pyridine rings is 1. The number of amides is 1. The van der Waals surface area contributed by atoms with Crippen LogP contribution in [0.15, 0.2) is 24.5 Å². The summed E-state index contributed by atoms with van der Waals surface area (Å²) in [4.78, 5) is 20.1. The van der Waals surface area contributed by atoms with Crippen molar-refractivity contribution < 1.29 is 4.79 Å². The lowest BCUT2D eigenvalue weighted by molar-refractivity contribution is -0.117. The predicted octanol–water partition coefficient (Wildman–Crippen LogP) is 2.73. The molecule has 98 valence electrons. The fourth-order valence-corrected chi connectivity index (χ4v) is 2.63. The highest BCUT2D eigenvalue weighted by atomic mass is 32.1. The zero-order valence-corrected chi connectivity index (χ0v) is 11.2. The molecule has 3 rings (SSSR count). The van der Waals surface area contributed by atoms with Crippen molar-refractivity contribution in [2.45, 2.75) is 25.7 Å². The van der Waals surface area contributed by atoms with Gasteiger partial charge in [-0.1, -0.05) is 6.42 Å². The standard InChI is InChI=1S/C13H14N4OS/c18-11(8-9-2-1-3-9)15-13-16-12(17-19-13)10-4-6-14-7-5-10/h4-7,9H,1-3,8H2,(H,15,16,17,18). The topological polar surface area (TPSA) is 67.8 Å². The van der Waals surface area contributed by atoms with Gasteiger partial charge in [-0.15, -0.1) is 0 Å². The summed E-state index contributed by atoms with van der Waals surface area (Å²) in [6.07, 6.45) is 7.60. The van der Waals surface area contributed by atoms with E-state index in [0.717, 1.165) is 5.56 Å². The van der Waals surface area contributed by atoms with E-state index in [-0.39, 0.29) is 5.91 Å². The first-order valence-corrected chi connectivity index (χ1v) is 7.12. The summed E-state index contributed by atoms with van der Waals surface area (Å²) in [6.45, 7) is 0. The van der Waals surface area contributed by atoms with Crippen LogP contribution in [0.25, 0.3) is 11.4 Å². The van der Waals surface area contributed by atoms with Crippen LogP contribution in [-0.2, 0) is 4.79 Å². The Morgan fingerprint density at radius 3 is 2.84 bits per heavy atom. The number of carbonyl (C=O) groups is 1. The van der Waals surface area contributed by atoms with Crippen molar-refractivity contribution in [3.63, 3.8) is 0 Å². The highest BCUT2D eigenvalue weighted by Gasteiger charge is 2.21. The van der Waals surface area contributed by atoms with Gasteiger partial charge in [0.25, 0.3) is 0 Å². The highest BCUT2D eigenvalue weighted by Crippen LogP contribution is 2.29. The van der Waals surface area contributed by atoms with Crippen LogP contribution in [0, 0.1) is 5.92 Å². The van der Waals surface area contributed by atoms with Gasteiger partial charge in [0.05, 0.1) is 0 Å². The molecule has 2 aromatic rings. The normalized spacial score (nSPS) is 14.9. The Balaban J connectivity index is 1.63. The van der Waals surface area contributed by atoms with Crippen molar-refractivity contribution in [1.29, 1.82) is 0 Å². The van der Waals surface area contributed by atoms with E-state index >= 15 is 0 Å². The van der Waals surface area contributed by atoms with E-state index < -0.39 is 0 Å². The molecular weight excluding hydrogens is 260 g/mol. The Morgan fingerprint density at radius 2 is 2.16 bits per heavy atom. The van der Waals surface area contributed by atoms with Gasteiger partial charge in [0.1, 0.15) is 0 Å². The van der Waals surface area contributed by atoms with E-state index in [0.29, 0.717) is 23.3 Å². The summed E-state index contributed by atoms with van der Waals surface area (Å²) in [5.41, 5.74) is 0.908. The van der Waals surface area contributed by atoms with Crippen LogP contribution in [0.4, 0.5) is 5.13 Å². The highest BCUT2D eigenvalue weighted by molar-refractivity contribution is 7.10. The summed E-state index contributed by atoms with van der Waals surface area (Å²) in [6, 6.07) is 3.70. The van der Waals surface area contributed by atoms with Crippen molar-refractivity contribution in [2.75, 3.05) is 5.32 Å². The van der Waals surface area contributed by atoms with Crippen molar-refractivity contribution in [2.24, 2.45) is 5.92 Å². The number of carbonyl (C=O) groups excluding carboxylic acids is 1. The predicted molar refractivity (Wildman–Crippen MR) is 73.7 cm³/mol. The van der Waals surface area contributed by atoms with Gasteiger partial charge in [-0.05, 0) is 30.9 Å². The van der Waals surface area contributed by atoms with Gasteiger partial charge in [0.2, 0.25) is 11.0 Å². The second kappa shape index (κ2) is 5.44. The Kier molecular flexibility index (Phi) is 3.50. The Bertz CT molecular complexity index is 565. The number of hydrogen-bond acceptors (Lipinski definition) is 5. The van der Waals surface area contributed by atoms with E-state index in [2.05, 4.69) is 19.7 Å². The molecule has 0 radical (unpaired) electrons. The molecule has 2 aromatic heterocycles. The summed E-state index contributed by atoms with van der Waals surface area (Å²) in [5, 5.41) is 3.39. The maximum Gasteiger partial charge on any atom is 0.226 e. The van der Waals surface area contributed by atoms with Crippen LogP contribution in [0.3, 0.4) is 0 Å². The largest absolute Gasteiger partial charge is 0.301 e. The van der Waals surface area contributed by atoms with Gasteiger partial charge in [0, 0.05) is 35.9 Å². The van der Waals surface area contributed by atoms with Gasteiger partial charge in [-0.3, -0.25) is 9.78 Å². The fraction of sp³-hybridized carbons (Fsp3) is 0.385. The molecular formula is C13H14N4OS. The lowest BCUT2D eigenvalue weighted by atomic mass is 9.83. The molecule has 0 spiro atoms. The van der Waals surface area contributed by atoms with Gasteiger partial charge in [-0.25, -0.2) is 0 Å². The van der Waals surface area contributed by atoms with Crippen molar-refractivity contribution >= 4 is 22.6 Å². The molecule has 1 fully saturated rings. The smallest absolute Gasteiger partial charge is 0.226 e. The number of hydrogen-bond donors (Lipinski definition) is 1. The molecule has 0 atom stereocenters. The molecule has 1 N–H and O–H groups in total. The first kappa shape index (κ1) is 12.2. The summed E-state index contributed by atoms with van der Waals surface area (Å²) >= 11 is 1.21. The SMILES string of the molecule is O=C(CC1CCC1)Nc1nc(-c2ccncc2)ns1. The number of aromatic nitrogens is 3. The lowest BCUT2D eigenvalue weighted by Gasteiger charge is -2.24. The van der Waals surface area contributed by atoms with Crippen molar-refractivity contribution in [3.05, 3.63) is 24.5 Å². The molecule has 0 saturated heterocycles. The van der Waals surface area contributed by atoms with Crippen molar-refractivity contribution in [3.8, 4) is 11.4 Å². The van der Waals surface area contributed by atoms with Crippen molar-refractivity contribution in [1.82, 2.24) is 14.3 Å². The Hall–Kier alpha value is -1.82. The molecule has 1 amide bonds. The molecule has 0 bridgehead atoms. The molecule has 1 aliphatic carbocycles. The second-order valence-electron chi connectivity index (χ2n) is 4.71. The molecule has 1 saturated carbocycles. The van der Waals surface area contributed by atoms with E-state index in [4.69, 9.17) is 0 Å². The molecule has 0 unspecified atom stereocenters. The van der Waals surface area contributed by atoms with Crippen LogP contribution in [0.1, 0.15) is 25.7 Å². The number of anilines is 1. The van der Waals surface area contributed by atoms with Crippen LogP contribution in [-0.4, -0.2) is 20.2 Å². The van der Waals surface area contributed by atoms with Gasteiger partial charge in [0.15, 0.2) is 5.82 Å². The van der Waals surface area contributed by atoms with Gasteiger partial charge >= 0.3 is 0 Å². The average molecular weight is 274 g/mol. The minimum atomic E-state index is 0.0436. The zero-order valence-electron chi connectivity index (χ0n) is 10.4. The van der Waals surface area contributed by atoms with E-state index in [1.165, 1.54) is 30.8 Å². The van der Waals surface area contributed by atoms with E-state index in [1.54, 1.807) is 12.4 Å². The molecule has 1 aliphatic rings. The monoisotopic (exact) mass is 274 g/mol. The van der Waals surface area contributed by atoms with Crippen LogP contribution >= 0.6 is 11.5 Å². The fourth-order valence-electron chi connectivity index (χ4n) is 2.02. The molecule has 6 heteroatoms. The van der Waals surface area contributed by atoms with Gasteiger partial charge < -0.3 is 5.32 Å². The maximum absolute atomic E-state index is 11.8. The third-order valence-corrected chi connectivity index (χ3v) is 3.94. The maximum atomic E-state index is 11.8. The van der Waals surface area contributed by atoms with E-state index in [1.807, 2.05) is 12.1 Å². The Morgan fingerprint density at radius 1 is 1.37 bits per heavy atom. The molecule has 19 heavy (non-hydrogen) atoms. The third-order valence-electron chi connectivity index (χ3n) is 3.31. The third kappa shape index (κ3) is 2.96.